The van der Waals surface area contributed by atoms with E-state index in [1.165, 1.54) is 4.90 Å². The van der Waals surface area contributed by atoms with Gasteiger partial charge in [0.05, 0.1) is 18.1 Å². The highest BCUT2D eigenvalue weighted by molar-refractivity contribution is 8.03. The monoisotopic (exact) mass is 385 g/mol. The molecule has 26 heavy (non-hydrogen) atoms. The number of ether oxygens (including phenoxy) is 1. The van der Waals surface area contributed by atoms with Crippen LogP contribution < -0.4 is 10.6 Å². The van der Waals surface area contributed by atoms with Crippen LogP contribution in [0, 0.1) is 5.92 Å². The van der Waals surface area contributed by atoms with Gasteiger partial charge in [-0.15, -0.1) is 11.8 Å². The molecule has 6 atom stereocenters. The van der Waals surface area contributed by atoms with E-state index < -0.39 is 18.2 Å². The molecule has 0 aliphatic carbocycles. The van der Waals surface area contributed by atoms with Crippen LogP contribution in [0.15, 0.2) is 10.8 Å². The number of nitrogens with one attached hydrogen (secondary N) is 2. The smallest absolute Gasteiger partial charge is 0.449 e. The van der Waals surface area contributed by atoms with Gasteiger partial charge in [-0.25, -0.2) is 4.79 Å². The highest BCUT2D eigenvalue weighted by Gasteiger charge is 2.57. The SMILES string of the molecule is CNC(C)C[C@@H]1C[C@H](SC2=C(OC(=O)O)N3C(=O)[C@H]([C@@H](C)O)[C@H]3C2)CN1. The third-order valence-corrected chi connectivity index (χ3v) is 6.76. The number of rotatable bonds is 7. The van der Waals surface area contributed by atoms with Gasteiger partial charge in [0.25, 0.3) is 0 Å². The Hall–Kier alpha value is -1.29. The van der Waals surface area contributed by atoms with Crippen molar-refractivity contribution in [3.8, 4) is 0 Å². The van der Waals surface area contributed by atoms with Crippen LogP contribution in [0.25, 0.3) is 0 Å². The topological polar surface area (TPSA) is 111 Å². The number of aliphatic hydroxyl groups is 1. The minimum Gasteiger partial charge on any atom is -0.449 e. The summed E-state index contributed by atoms with van der Waals surface area (Å²) < 4.78 is 4.94. The number of nitrogens with zero attached hydrogens (tertiary/aromatic N) is 1. The van der Waals surface area contributed by atoms with Crippen LogP contribution in [0.5, 0.6) is 0 Å². The molecule has 0 aromatic rings. The van der Waals surface area contributed by atoms with E-state index in [4.69, 9.17) is 9.84 Å². The Balaban J connectivity index is 1.67. The first-order valence-corrected chi connectivity index (χ1v) is 9.92. The lowest BCUT2D eigenvalue weighted by atomic mass is 9.84. The summed E-state index contributed by atoms with van der Waals surface area (Å²) in [6.45, 7) is 4.58. The van der Waals surface area contributed by atoms with Crippen molar-refractivity contribution in [2.45, 2.75) is 62.6 Å². The molecule has 8 nitrogen and oxygen atoms in total. The number of hydrogen-bond acceptors (Lipinski definition) is 7. The van der Waals surface area contributed by atoms with Gasteiger partial charge in [0, 0.05) is 35.2 Å². The standard InChI is InChI=1S/C17H27N3O5S/c1-8(18-3)4-10-5-11(7-19-10)26-13-6-12-14(9(2)21)15(22)20(12)16(13)25-17(23)24/h8-12,14,18-19,21H,4-7H2,1-3H3,(H,23,24)/t8?,9-,10-,11+,12-,14-/m1/s1. The second kappa shape index (κ2) is 7.75. The van der Waals surface area contributed by atoms with Crippen LogP contribution in [0.1, 0.15) is 33.1 Å². The van der Waals surface area contributed by atoms with Crippen molar-refractivity contribution in [3.63, 3.8) is 0 Å². The van der Waals surface area contributed by atoms with Gasteiger partial charge >= 0.3 is 6.16 Å². The fraction of sp³-hybridized carbons (Fsp3) is 0.765. The predicted molar refractivity (Wildman–Crippen MR) is 97.5 cm³/mol. The maximum Gasteiger partial charge on any atom is 0.512 e. The molecule has 0 aromatic carbocycles. The average Bonchev–Trinajstić information content (AvgIpc) is 3.09. The van der Waals surface area contributed by atoms with E-state index in [0.717, 1.165) is 24.3 Å². The number of thioether (sulfide) groups is 1. The van der Waals surface area contributed by atoms with Gasteiger partial charge in [-0.05, 0) is 33.7 Å². The van der Waals surface area contributed by atoms with Crippen molar-refractivity contribution in [2.75, 3.05) is 13.6 Å². The maximum atomic E-state index is 12.3. The average molecular weight is 385 g/mol. The summed E-state index contributed by atoms with van der Waals surface area (Å²) in [6.07, 6.45) is 0.390. The van der Waals surface area contributed by atoms with Crippen molar-refractivity contribution in [1.29, 1.82) is 0 Å². The predicted octanol–water partition coefficient (Wildman–Crippen LogP) is 0.923. The lowest BCUT2D eigenvalue weighted by Gasteiger charge is -2.44. The molecular weight excluding hydrogens is 358 g/mol. The van der Waals surface area contributed by atoms with E-state index in [1.54, 1.807) is 18.7 Å². The van der Waals surface area contributed by atoms with Crippen LogP contribution >= 0.6 is 11.8 Å². The van der Waals surface area contributed by atoms with Gasteiger partial charge in [-0.2, -0.15) is 0 Å². The van der Waals surface area contributed by atoms with E-state index >= 15 is 0 Å². The normalized spacial score (nSPS) is 33.1. The maximum absolute atomic E-state index is 12.3. The van der Waals surface area contributed by atoms with E-state index in [2.05, 4.69) is 17.6 Å². The number of aliphatic hydroxyl groups excluding tert-OH is 1. The molecule has 1 unspecified atom stereocenters. The molecule has 146 valence electrons. The van der Waals surface area contributed by atoms with Crippen molar-refractivity contribution in [3.05, 3.63) is 10.8 Å². The number of hydrogen-bond donors (Lipinski definition) is 4. The molecule has 2 saturated heterocycles. The Morgan fingerprint density at radius 3 is 2.85 bits per heavy atom. The number of carbonyl (C=O) groups excluding carboxylic acids is 1. The Morgan fingerprint density at radius 1 is 1.50 bits per heavy atom. The van der Waals surface area contributed by atoms with Gasteiger partial charge in [0.15, 0.2) is 0 Å². The Labute approximate surface area is 157 Å². The zero-order chi connectivity index (χ0) is 19.0. The fourth-order valence-electron chi connectivity index (χ4n) is 4.06. The Kier molecular flexibility index (Phi) is 5.81. The highest BCUT2D eigenvalue weighted by Crippen LogP contribution is 2.48. The number of fused-ring (bicyclic) bond motifs is 1. The van der Waals surface area contributed by atoms with E-state index in [9.17, 15) is 14.7 Å². The van der Waals surface area contributed by atoms with Crippen molar-refractivity contribution in [2.24, 2.45) is 5.92 Å². The van der Waals surface area contributed by atoms with Crippen molar-refractivity contribution in [1.82, 2.24) is 15.5 Å². The summed E-state index contributed by atoms with van der Waals surface area (Å²) in [6, 6.07) is 0.651. The molecule has 3 heterocycles. The van der Waals surface area contributed by atoms with E-state index in [-0.39, 0.29) is 17.8 Å². The molecule has 0 bridgehead atoms. The summed E-state index contributed by atoms with van der Waals surface area (Å²) in [5, 5.41) is 25.9. The first-order chi connectivity index (χ1) is 12.3. The second-order valence-electron chi connectivity index (χ2n) is 7.35. The van der Waals surface area contributed by atoms with Crippen molar-refractivity contribution < 1.29 is 24.5 Å². The van der Waals surface area contributed by atoms with Crippen LogP contribution in [0.3, 0.4) is 0 Å². The van der Waals surface area contributed by atoms with Gasteiger partial charge in [0.1, 0.15) is 0 Å². The summed E-state index contributed by atoms with van der Waals surface area (Å²) in [5.74, 6) is -0.602. The lowest BCUT2D eigenvalue weighted by molar-refractivity contribution is -0.160. The summed E-state index contributed by atoms with van der Waals surface area (Å²) in [4.78, 5) is 25.6. The Morgan fingerprint density at radius 2 is 2.23 bits per heavy atom. The summed E-state index contributed by atoms with van der Waals surface area (Å²) in [7, 11) is 1.95. The van der Waals surface area contributed by atoms with Gasteiger partial charge in [-0.3, -0.25) is 9.69 Å². The quantitative estimate of drug-likeness (QED) is 0.378. The number of amides is 1. The molecule has 9 heteroatoms. The van der Waals surface area contributed by atoms with Gasteiger partial charge in [-0.1, -0.05) is 0 Å². The number of carboxylic acid groups (broad SMARTS) is 1. The Bertz CT molecular complexity index is 611. The third-order valence-electron chi connectivity index (χ3n) is 5.45. The molecule has 0 spiro atoms. The second-order valence-corrected chi connectivity index (χ2v) is 8.74. The molecule has 0 radical (unpaired) electrons. The molecule has 2 fully saturated rings. The van der Waals surface area contributed by atoms with Crippen LogP contribution in [0.2, 0.25) is 0 Å². The number of carbonyl (C=O) groups is 2. The zero-order valence-electron chi connectivity index (χ0n) is 15.3. The highest BCUT2D eigenvalue weighted by atomic mass is 32.2. The van der Waals surface area contributed by atoms with Crippen LogP contribution in [0.4, 0.5) is 4.79 Å². The van der Waals surface area contributed by atoms with E-state index in [0.29, 0.717) is 23.8 Å². The molecule has 3 aliphatic heterocycles. The van der Waals surface area contributed by atoms with Gasteiger partial charge < -0.3 is 25.6 Å². The first kappa shape index (κ1) is 19.5. The van der Waals surface area contributed by atoms with E-state index in [1.807, 2.05) is 7.05 Å². The zero-order valence-corrected chi connectivity index (χ0v) is 16.1. The summed E-state index contributed by atoms with van der Waals surface area (Å²) >= 11 is 1.60. The molecule has 0 saturated carbocycles. The van der Waals surface area contributed by atoms with Crippen molar-refractivity contribution >= 4 is 23.8 Å². The molecule has 3 aliphatic rings. The molecular formula is C17H27N3O5S. The minimum absolute atomic E-state index is 0.140. The lowest BCUT2D eigenvalue weighted by Crippen LogP contribution is -2.61. The minimum atomic E-state index is -1.42. The van der Waals surface area contributed by atoms with Gasteiger partial charge in [0.2, 0.25) is 11.8 Å². The van der Waals surface area contributed by atoms with Crippen LogP contribution in [-0.2, 0) is 9.53 Å². The fourth-order valence-corrected chi connectivity index (χ4v) is 5.48. The molecule has 3 rings (SSSR count). The first-order valence-electron chi connectivity index (χ1n) is 9.04. The molecule has 4 N–H and O–H groups in total. The van der Waals surface area contributed by atoms with Crippen LogP contribution in [-0.4, -0.2) is 70.2 Å². The molecule has 1 amide bonds. The molecule has 0 aromatic heterocycles. The largest absolute Gasteiger partial charge is 0.512 e. The number of β-lactam (4-membered cyclic amide) rings is 1. The summed E-state index contributed by atoms with van der Waals surface area (Å²) in [5.41, 5.74) is 0. The third kappa shape index (κ3) is 3.71.